The van der Waals surface area contributed by atoms with Crippen LogP contribution in [-0.2, 0) is 14.4 Å². The van der Waals surface area contributed by atoms with Crippen molar-refractivity contribution in [1.82, 2.24) is 14.7 Å². The van der Waals surface area contributed by atoms with Crippen molar-refractivity contribution >= 4 is 17.7 Å². The highest BCUT2D eigenvalue weighted by Gasteiger charge is 2.37. The molecule has 0 aromatic carbocycles. The summed E-state index contributed by atoms with van der Waals surface area (Å²) in [5, 5.41) is 0. The second kappa shape index (κ2) is 10.8. The van der Waals surface area contributed by atoms with Crippen LogP contribution in [0.15, 0.2) is 0 Å². The summed E-state index contributed by atoms with van der Waals surface area (Å²) < 4.78 is 0. The van der Waals surface area contributed by atoms with Crippen molar-refractivity contribution in [1.29, 1.82) is 0 Å². The number of hydrogen-bond acceptors (Lipinski definition) is 3. The molecule has 2 aliphatic rings. The number of amides is 3. The van der Waals surface area contributed by atoms with E-state index in [2.05, 4.69) is 6.92 Å². The number of carbonyl (C=O) groups is 3. The third-order valence-corrected chi connectivity index (χ3v) is 7.43. The van der Waals surface area contributed by atoms with Gasteiger partial charge in [0, 0.05) is 57.0 Å². The molecule has 1 aliphatic heterocycles. The Hall–Kier alpha value is -1.59. The summed E-state index contributed by atoms with van der Waals surface area (Å²) in [5.41, 5.74) is -0.503. The van der Waals surface area contributed by atoms with E-state index in [1.54, 1.807) is 4.90 Å². The van der Waals surface area contributed by atoms with Crippen molar-refractivity contribution in [3.8, 4) is 0 Å². The summed E-state index contributed by atoms with van der Waals surface area (Å²) in [7, 11) is 3.75. The molecular weight excluding hydrogens is 390 g/mol. The van der Waals surface area contributed by atoms with E-state index in [1.165, 1.54) is 0 Å². The van der Waals surface area contributed by atoms with Gasteiger partial charge in [-0.1, -0.05) is 34.6 Å². The first-order chi connectivity index (χ1) is 14.4. The van der Waals surface area contributed by atoms with E-state index in [-0.39, 0.29) is 29.7 Å². The van der Waals surface area contributed by atoms with Gasteiger partial charge in [0.2, 0.25) is 17.7 Å². The Morgan fingerprint density at radius 3 is 2.23 bits per heavy atom. The van der Waals surface area contributed by atoms with E-state index in [4.69, 9.17) is 0 Å². The predicted octanol–water partition coefficient (Wildman–Crippen LogP) is 3.79. The van der Waals surface area contributed by atoms with Crippen molar-refractivity contribution in [2.24, 2.45) is 23.2 Å². The molecule has 1 aliphatic carbocycles. The van der Waals surface area contributed by atoms with Crippen LogP contribution in [0.1, 0.15) is 79.6 Å². The maximum atomic E-state index is 13.2. The molecule has 1 saturated heterocycles. The van der Waals surface area contributed by atoms with Gasteiger partial charge in [-0.25, -0.2) is 0 Å². The number of carbonyl (C=O) groups excluding carboxylic acids is 3. The second-order valence-electron chi connectivity index (χ2n) is 11.0. The summed E-state index contributed by atoms with van der Waals surface area (Å²) >= 11 is 0. The van der Waals surface area contributed by atoms with Gasteiger partial charge < -0.3 is 14.7 Å². The van der Waals surface area contributed by atoms with E-state index in [0.29, 0.717) is 24.8 Å². The Kier molecular flexibility index (Phi) is 8.96. The highest BCUT2D eigenvalue weighted by Crippen LogP contribution is 2.36. The Morgan fingerprint density at radius 2 is 1.65 bits per heavy atom. The van der Waals surface area contributed by atoms with Gasteiger partial charge in [-0.3, -0.25) is 14.4 Å². The largest absolute Gasteiger partial charge is 0.346 e. The molecule has 2 fully saturated rings. The summed E-state index contributed by atoms with van der Waals surface area (Å²) in [5.74, 6) is 1.15. The molecule has 1 saturated carbocycles. The molecule has 31 heavy (non-hydrogen) atoms. The number of likely N-dealkylation sites (tertiary alicyclic amines) is 1. The molecule has 0 N–H and O–H groups in total. The molecule has 6 heteroatoms. The first-order valence-electron chi connectivity index (χ1n) is 12.2. The van der Waals surface area contributed by atoms with Crippen molar-refractivity contribution in [3.05, 3.63) is 0 Å². The minimum absolute atomic E-state index is 0.0262. The zero-order valence-electron chi connectivity index (χ0n) is 20.9. The van der Waals surface area contributed by atoms with Gasteiger partial charge in [-0.15, -0.1) is 0 Å². The SMILES string of the molecule is CC(C)C(=O)N(C)CCC(C)(C)C(=O)N(C)C1CCC(CC(C)C(=O)N2CCCC2)C1. The van der Waals surface area contributed by atoms with Crippen LogP contribution in [0.25, 0.3) is 0 Å². The minimum Gasteiger partial charge on any atom is -0.346 e. The Balaban J connectivity index is 1.83. The fourth-order valence-corrected chi connectivity index (χ4v) is 5.21. The maximum Gasteiger partial charge on any atom is 0.228 e. The molecule has 0 aromatic heterocycles. The molecular formula is C25H45N3O3. The fraction of sp³-hybridized carbons (Fsp3) is 0.880. The minimum atomic E-state index is -0.503. The van der Waals surface area contributed by atoms with Crippen LogP contribution in [0.2, 0.25) is 0 Å². The molecule has 0 radical (unpaired) electrons. The van der Waals surface area contributed by atoms with Crippen LogP contribution in [-0.4, -0.2) is 72.2 Å². The molecule has 0 aromatic rings. The van der Waals surface area contributed by atoms with Gasteiger partial charge in [-0.05, 0) is 50.9 Å². The van der Waals surface area contributed by atoms with Gasteiger partial charge in [0.15, 0.2) is 0 Å². The molecule has 0 spiro atoms. The predicted molar refractivity (Wildman–Crippen MR) is 124 cm³/mol. The lowest BCUT2D eigenvalue weighted by atomic mass is 9.86. The summed E-state index contributed by atoms with van der Waals surface area (Å²) in [6, 6.07) is 0.251. The van der Waals surface area contributed by atoms with Crippen LogP contribution in [0.3, 0.4) is 0 Å². The van der Waals surface area contributed by atoms with Gasteiger partial charge in [0.05, 0.1) is 0 Å². The van der Waals surface area contributed by atoms with Crippen molar-refractivity contribution in [2.75, 3.05) is 33.7 Å². The van der Waals surface area contributed by atoms with Crippen molar-refractivity contribution in [2.45, 2.75) is 85.6 Å². The first-order valence-corrected chi connectivity index (χ1v) is 12.2. The third-order valence-electron chi connectivity index (χ3n) is 7.43. The smallest absolute Gasteiger partial charge is 0.228 e. The zero-order chi connectivity index (χ0) is 23.3. The lowest BCUT2D eigenvalue weighted by Gasteiger charge is -2.34. The van der Waals surface area contributed by atoms with Crippen molar-refractivity contribution < 1.29 is 14.4 Å². The lowest BCUT2D eigenvalue weighted by Crippen LogP contribution is -2.45. The highest BCUT2D eigenvalue weighted by atomic mass is 16.2. The molecule has 3 amide bonds. The summed E-state index contributed by atoms with van der Waals surface area (Å²) in [6.45, 7) is 12.3. The molecule has 3 unspecified atom stereocenters. The molecule has 3 atom stereocenters. The monoisotopic (exact) mass is 435 g/mol. The van der Waals surface area contributed by atoms with Gasteiger partial charge in [-0.2, -0.15) is 0 Å². The number of rotatable bonds is 9. The Morgan fingerprint density at radius 1 is 1.03 bits per heavy atom. The summed E-state index contributed by atoms with van der Waals surface area (Å²) in [4.78, 5) is 43.7. The second-order valence-corrected chi connectivity index (χ2v) is 11.0. The summed E-state index contributed by atoms with van der Waals surface area (Å²) in [6.07, 6.45) is 6.94. The molecule has 0 bridgehead atoms. The van der Waals surface area contributed by atoms with E-state index < -0.39 is 5.41 Å². The van der Waals surface area contributed by atoms with Gasteiger partial charge >= 0.3 is 0 Å². The maximum absolute atomic E-state index is 13.2. The van der Waals surface area contributed by atoms with Crippen molar-refractivity contribution in [3.63, 3.8) is 0 Å². The van der Waals surface area contributed by atoms with Gasteiger partial charge in [0.25, 0.3) is 0 Å². The average molecular weight is 436 g/mol. The standard InChI is InChI=1S/C25H45N3O3/c1-18(2)22(29)26(6)15-12-25(4,5)24(31)27(7)21-11-10-20(17-21)16-19(3)23(30)28-13-8-9-14-28/h18-21H,8-17H2,1-7H3. The molecule has 6 nitrogen and oxygen atoms in total. The van der Waals surface area contributed by atoms with Crippen LogP contribution < -0.4 is 0 Å². The van der Waals surface area contributed by atoms with Crippen LogP contribution in [0.4, 0.5) is 0 Å². The quantitative estimate of drug-likeness (QED) is 0.553. The first kappa shape index (κ1) is 25.7. The highest BCUT2D eigenvalue weighted by molar-refractivity contribution is 5.82. The van der Waals surface area contributed by atoms with E-state index in [1.807, 2.05) is 51.6 Å². The fourth-order valence-electron chi connectivity index (χ4n) is 5.21. The van der Waals surface area contributed by atoms with E-state index >= 15 is 0 Å². The van der Waals surface area contributed by atoms with Crippen LogP contribution in [0.5, 0.6) is 0 Å². The number of hydrogen-bond donors (Lipinski definition) is 0. The Bertz CT molecular complexity index is 640. The zero-order valence-corrected chi connectivity index (χ0v) is 20.9. The van der Waals surface area contributed by atoms with E-state index in [0.717, 1.165) is 51.6 Å². The normalized spacial score (nSPS) is 22.6. The molecule has 2 rings (SSSR count). The third kappa shape index (κ3) is 6.69. The van der Waals surface area contributed by atoms with Crippen LogP contribution >= 0.6 is 0 Å². The Labute approximate surface area is 189 Å². The average Bonchev–Trinajstić information content (AvgIpc) is 3.41. The number of nitrogens with zero attached hydrogens (tertiary/aromatic N) is 3. The lowest BCUT2D eigenvalue weighted by molar-refractivity contribution is -0.143. The molecule has 178 valence electrons. The van der Waals surface area contributed by atoms with Gasteiger partial charge in [0.1, 0.15) is 0 Å². The van der Waals surface area contributed by atoms with Crippen LogP contribution in [0, 0.1) is 23.2 Å². The topological polar surface area (TPSA) is 60.9 Å². The van der Waals surface area contributed by atoms with E-state index in [9.17, 15) is 14.4 Å². The molecule has 1 heterocycles.